The number of nitrogens with two attached hydrogens (primary N) is 1. The first kappa shape index (κ1) is 10.0. The fraction of sp³-hybridized carbons (Fsp3) is 0.571. The molecule has 0 bridgehead atoms. The van der Waals surface area contributed by atoms with E-state index in [0.29, 0.717) is 0 Å². The Balaban J connectivity index is 2.75. The first-order valence-electron chi connectivity index (χ1n) is 3.75. The number of halogens is 3. The van der Waals surface area contributed by atoms with Crippen LogP contribution in [0.5, 0.6) is 0 Å². The Labute approximate surface area is 73.3 Å². The second-order valence-electron chi connectivity index (χ2n) is 2.93. The first-order chi connectivity index (χ1) is 5.89. The summed E-state index contributed by atoms with van der Waals surface area (Å²) in [5.74, 6) is 0. The lowest BCUT2D eigenvalue weighted by atomic mass is 10.3. The monoisotopic (exact) mass is 193 g/mol. The van der Waals surface area contributed by atoms with Crippen LogP contribution in [0.4, 0.5) is 13.2 Å². The standard InChI is InChI=1S/C7H10F3N3/c1-5(11)3-13-4-6(2-12-13)7(8,9)10/h2,4-5H,3,11H2,1H3. The summed E-state index contributed by atoms with van der Waals surface area (Å²) in [6.45, 7) is 1.99. The molecule has 0 aliphatic heterocycles. The Kier molecular flexibility index (Phi) is 2.60. The quantitative estimate of drug-likeness (QED) is 0.768. The van der Waals surface area contributed by atoms with Gasteiger partial charge in [-0.05, 0) is 6.92 Å². The molecule has 0 radical (unpaired) electrons. The summed E-state index contributed by atoms with van der Waals surface area (Å²) in [5, 5.41) is 3.54. The largest absolute Gasteiger partial charge is 0.419 e. The molecule has 74 valence electrons. The van der Waals surface area contributed by atoms with Gasteiger partial charge in [-0.3, -0.25) is 4.68 Å². The van der Waals surface area contributed by atoms with E-state index < -0.39 is 11.7 Å². The van der Waals surface area contributed by atoms with Crippen molar-refractivity contribution in [3.8, 4) is 0 Å². The lowest BCUT2D eigenvalue weighted by Crippen LogP contribution is -2.22. The number of rotatable bonds is 2. The average Bonchev–Trinajstić information content (AvgIpc) is 2.32. The van der Waals surface area contributed by atoms with E-state index in [0.717, 1.165) is 12.4 Å². The van der Waals surface area contributed by atoms with Crippen LogP contribution in [-0.2, 0) is 12.7 Å². The predicted octanol–water partition coefficient (Wildman–Crippen LogP) is 1.25. The third-order valence-corrected chi connectivity index (χ3v) is 1.44. The number of nitrogens with zero attached hydrogens (tertiary/aromatic N) is 2. The van der Waals surface area contributed by atoms with Gasteiger partial charge in [-0.25, -0.2) is 0 Å². The summed E-state index contributed by atoms with van der Waals surface area (Å²) in [4.78, 5) is 0. The molecule has 1 atom stereocenters. The van der Waals surface area contributed by atoms with Crippen molar-refractivity contribution in [2.75, 3.05) is 0 Å². The SMILES string of the molecule is CC(N)Cn1cc(C(F)(F)F)cn1. The first-order valence-corrected chi connectivity index (χ1v) is 3.75. The molecule has 1 aromatic rings. The maximum absolute atomic E-state index is 12.1. The molecule has 0 aliphatic rings. The third-order valence-electron chi connectivity index (χ3n) is 1.44. The second kappa shape index (κ2) is 3.37. The minimum absolute atomic E-state index is 0.207. The second-order valence-corrected chi connectivity index (χ2v) is 2.93. The molecular weight excluding hydrogens is 183 g/mol. The highest BCUT2D eigenvalue weighted by Gasteiger charge is 2.32. The Bertz CT molecular complexity index is 277. The molecule has 0 fully saturated rings. The van der Waals surface area contributed by atoms with Crippen LogP contribution < -0.4 is 5.73 Å². The molecule has 0 spiro atoms. The molecule has 0 saturated carbocycles. The van der Waals surface area contributed by atoms with E-state index in [-0.39, 0.29) is 12.6 Å². The van der Waals surface area contributed by atoms with Gasteiger partial charge in [-0.2, -0.15) is 18.3 Å². The van der Waals surface area contributed by atoms with Gasteiger partial charge < -0.3 is 5.73 Å². The molecule has 3 nitrogen and oxygen atoms in total. The van der Waals surface area contributed by atoms with Gasteiger partial charge in [0.05, 0.1) is 18.3 Å². The summed E-state index contributed by atoms with van der Waals surface area (Å²) >= 11 is 0. The number of hydrogen-bond acceptors (Lipinski definition) is 2. The van der Waals surface area contributed by atoms with Crippen LogP contribution in [0.25, 0.3) is 0 Å². The lowest BCUT2D eigenvalue weighted by molar-refractivity contribution is -0.137. The van der Waals surface area contributed by atoms with Crippen molar-refractivity contribution in [1.29, 1.82) is 0 Å². The summed E-state index contributed by atoms with van der Waals surface area (Å²) < 4.78 is 37.4. The highest BCUT2D eigenvalue weighted by Crippen LogP contribution is 2.28. The normalized spacial score (nSPS) is 14.5. The maximum Gasteiger partial charge on any atom is 0.419 e. The molecular formula is C7H10F3N3. The fourth-order valence-corrected chi connectivity index (χ4v) is 0.905. The summed E-state index contributed by atoms with van der Waals surface area (Å²) in [7, 11) is 0. The molecule has 0 aromatic carbocycles. The van der Waals surface area contributed by atoms with Crippen molar-refractivity contribution in [3.63, 3.8) is 0 Å². The molecule has 0 aliphatic carbocycles. The highest BCUT2D eigenvalue weighted by atomic mass is 19.4. The van der Waals surface area contributed by atoms with Crippen molar-refractivity contribution in [2.45, 2.75) is 25.7 Å². The molecule has 1 heterocycles. The summed E-state index contributed by atoms with van der Waals surface area (Å²) in [5.41, 5.74) is 4.66. The summed E-state index contributed by atoms with van der Waals surface area (Å²) in [6, 6.07) is -0.207. The van der Waals surface area contributed by atoms with Crippen LogP contribution in [0.15, 0.2) is 12.4 Å². The van der Waals surface area contributed by atoms with Gasteiger partial charge in [0.15, 0.2) is 0 Å². The smallest absolute Gasteiger partial charge is 0.326 e. The van der Waals surface area contributed by atoms with Crippen LogP contribution in [0.3, 0.4) is 0 Å². The Hall–Kier alpha value is -1.04. The number of alkyl halides is 3. The van der Waals surface area contributed by atoms with Crippen LogP contribution in [0.1, 0.15) is 12.5 Å². The van der Waals surface area contributed by atoms with Crippen molar-refractivity contribution in [1.82, 2.24) is 9.78 Å². The van der Waals surface area contributed by atoms with Crippen molar-refractivity contribution >= 4 is 0 Å². The number of aromatic nitrogens is 2. The predicted molar refractivity (Wildman–Crippen MR) is 40.9 cm³/mol. The van der Waals surface area contributed by atoms with E-state index in [9.17, 15) is 13.2 Å². The van der Waals surface area contributed by atoms with Gasteiger partial charge in [-0.1, -0.05) is 0 Å². The Morgan fingerprint density at radius 1 is 1.62 bits per heavy atom. The number of hydrogen-bond donors (Lipinski definition) is 1. The molecule has 0 saturated heterocycles. The van der Waals surface area contributed by atoms with E-state index in [1.807, 2.05) is 0 Å². The molecule has 1 unspecified atom stereocenters. The van der Waals surface area contributed by atoms with Crippen LogP contribution >= 0.6 is 0 Å². The zero-order chi connectivity index (χ0) is 10.1. The molecule has 1 rings (SSSR count). The van der Waals surface area contributed by atoms with Crippen molar-refractivity contribution in [2.24, 2.45) is 5.73 Å². The van der Waals surface area contributed by atoms with Gasteiger partial charge in [0.2, 0.25) is 0 Å². The van der Waals surface area contributed by atoms with Gasteiger partial charge in [-0.15, -0.1) is 0 Å². The van der Waals surface area contributed by atoms with E-state index in [2.05, 4.69) is 5.10 Å². The van der Waals surface area contributed by atoms with E-state index in [4.69, 9.17) is 5.73 Å². The van der Waals surface area contributed by atoms with Gasteiger partial charge in [0, 0.05) is 12.2 Å². The molecule has 2 N–H and O–H groups in total. The minimum atomic E-state index is -4.32. The van der Waals surface area contributed by atoms with Crippen molar-refractivity contribution < 1.29 is 13.2 Å². The average molecular weight is 193 g/mol. The van der Waals surface area contributed by atoms with Crippen LogP contribution in [0, 0.1) is 0 Å². The lowest BCUT2D eigenvalue weighted by Gasteiger charge is -2.04. The van der Waals surface area contributed by atoms with E-state index in [1.54, 1.807) is 6.92 Å². The van der Waals surface area contributed by atoms with Gasteiger partial charge >= 0.3 is 6.18 Å². The highest BCUT2D eigenvalue weighted by molar-refractivity contribution is 5.08. The zero-order valence-electron chi connectivity index (χ0n) is 7.04. The van der Waals surface area contributed by atoms with Gasteiger partial charge in [0.25, 0.3) is 0 Å². The van der Waals surface area contributed by atoms with Crippen molar-refractivity contribution in [3.05, 3.63) is 18.0 Å². The Morgan fingerprint density at radius 2 is 2.23 bits per heavy atom. The van der Waals surface area contributed by atoms with E-state index in [1.165, 1.54) is 4.68 Å². The topological polar surface area (TPSA) is 43.8 Å². The Morgan fingerprint density at radius 3 is 2.62 bits per heavy atom. The molecule has 13 heavy (non-hydrogen) atoms. The zero-order valence-corrected chi connectivity index (χ0v) is 7.04. The fourth-order valence-electron chi connectivity index (χ4n) is 0.905. The van der Waals surface area contributed by atoms with Crippen LogP contribution in [-0.4, -0.2) is 15.8 Å². The molecule has 1 aromatic heterocycles. The van der Waals surface area contributed by atoms with Crippen LogP contribution in [0.2, 0.25) is 0 Å². The summed E-state index contributed by atoms with van der Waals surface area (Å²) in [6.07, 6.45) is -2.58. The maximum atomic E-state index is 12.1. The molecule has 6 heteroatoms. The molecule has 0 amide bonds. The van der Waals surface area contributed by atoms with Gasteiger partial charge in [0.1, 0.15) is 0 Å². The minimum Gasteiger partial charge on any atom is -0.326 e. The third kappa shape index (κ3) is 2.73. The van der Waals surface area contributed by atoms with E-state index >= 15 is 0 Å².